The summed E-state index contributed by atoms with van der Waals surface area (Å²) in [6, 6.07) is 16.3. The highest BCUT2D eigenvalue weighted by Crippen LogP contribution is 2.21. The van der Waals surface area contributed by atoms with Gasteiger partial charge >= 0.3 is 6.09 Å². The Balaban J connectivity index is 1.80. The molecular formula is C21H26N2O4. The van der Waals surface area contributed by atoms with E-state index in [0.717, 1.165) is 17.1 Å². The van der Waals surface area contributed by atoms with Crippen LogP contribution in [0.2, 0.25) is 0 Å². The maximum absolute atomic E-state index is 12.1. The van der Waals surface area contributed by atoms with E-state index in [1.807, 2.05) is 54.6 Å². The second-order valence-corrected chi connectivity index (χ2v) is 7.14. The van der Waals surface area contributed by atoms with Crippen molar-refractivity contribution >= 4 is 12.0 Å². The van der Waals surface area contributed by atoms with E-state index in [0.29, 0.717) is 6.54 Å². The van der Waals surface area contributed by atoms with Crippen molar-refractivity contribution in [2.24, 2.45) is 0 Å². The number of nitrogens with one attached hydrogen (secondary N) is 2. The monoisotopic (exact) mass is 370 g/mol. The molecule has 0 saturated carbocycles. The third-order valence-corrected chi connectivity index (χ3v) is 3.50. The first-order chi connectivity index (χ1) is 12.7. The smallest absolute Gasteiger partial charge is 0.408 e. The predicted molar refractivity (Wildman–Crippen MR) is 104 cm³/mol. The van der Waals surface area contributed by atoms with Gasteiger partial charge in [-0.25, -0.2) is 4.79 Å². The summed E-state index contributed by atoms with van der Waals surface area (Å²) in [6.07, 6.45) is -0.618. The molecule has 0 aliphatic heterocycles. The van der Waals surface area contributed by atoms with Crippen molar-refractivity contribution < 1.29 is 19.1 Å². The largest absolute Gasteiger partial charge is 0.457 e. The van der Waals surface area contributed by atoms with Crippen LogP contribution in [0.4, 0.5) is 4.79 Å². The van der Waals surface area contributed by atoms with Gasteiger partial charge in [0.1, 0.15) is 23.1 Å². The minimum absolute atomic E-state index is 0.287. The van der Waals surface area contributed by atoms with Crippen LogP contribution in [0.15, 0.2) is 54.6 Å². The Hall–Kier alpha value is -3.02. The number of ether oxygens (including phenoxy) is 2. The molecule has 2 aromatic rings. The summed E-state index contributed by atoms with van der Waals surface area (Å²) >= 11 is 0. The maximum Gasteiger partial charge on any atom is 0.408 e. The number of carbonyl (C=O) groups is 2. The van der Waals surface area contributed by atoms with Gasteiger partial charge in [-0.2, -0.15) is 0 Å². The van der Waals surface area contributed by atoms with Crippen molar-refractivity contribution in [3.63, 3.8) is 0 Å². The van der Waals surface area contributed by atoms with Crippen LogP contribution >= 0.6 is 0 Å². The summed E-state index contributed by atoms with van der Waals surface area (Å²) in [5.41, 5.74) is 0.317. The standard InChI is InChI=1S/C21H26N2O4/c1-15(23-20(25)27-21(2,3)4)19(24)22-14-16-10-12-18(13-11-16)26-17-8-6-5-7-9-17/h5-13,15H,14H2,1-4H3,(H,22,24)(H,23,25)/t15-/m1/s1. The number of alkyl carbamates (subject to hydrolysis) is 1. The summed E-state index contributed by atoms with van der Waals surface area (Å²) in [5, 5.41) is 5.30. The summed E-state index contributed by atoms with van der Waals surface area (Å²) < 4.78 is 10.9. The maximum atomic E-state index is 12.1. The van der Waals surface area contributed by atoms with Crippen LogP contribution < -0.4 is 15.4 Å². The van der Waals surface area contributed by atoms with E-state index in [1.54, 1.807) is 27.7 Å². The molecule has 1 atom stereocenters. The first-order valence-corrected chi connectivity index (χ1v) is 8.82. The normalized spacial score (nSPS) is 12.0. The molecule has 0 aromatic heterocycles. The molecular weight excluding hydrogens is 344 g/mol. The number of benzene rings is 2. The first-order valence-electron chi connectivity index (χ1n) is 8.82. The molecule has 0 aliphatic rings. The summed E-state index contributed by atoms with van der Waals surface area (Å²) in [4.78, 5) is 23.8. The molecule has 0 bridgehead atoms. The zero-order valence-electron chi connectivity index (χ0n) is 16.1. The highest BCUT2D eigenvalue weighted by atomic mass is 16.6. The number of carbonyl (C=O) groups excluding carboxylic acids is 2. The van der Waals surface area contributed by atoms with Crippen LogP contribution in [0.25, 0.3) is 0 Å². The lowest BCUT2D eigenvalue weighted by atomic mass is 10.2. The van der Waals surface area contributed by atoms with Gasteiger partial charge in [0.2, 0.25) is 5.91 Å². The highest BCUT2D eigenvalue weighted by molar-refractivity contribution is 5.85. The fraction of sp³-hybridized carbons (Fsp3) is 0.333. The fourth-order valence-corrected chi connectivity index (χ4v) is 2.19. The fourth-order valence-electron chi connectivity index (χ4n) is 2.19. The van der Waals surface area contributed by atoms with E-state index < -0.39 is 17.7 Å². The zero-order chi connectivity index (χ0) is 19.9. The van der Waals surface area contributed by atoms with E-state index >= 15 is 0 Å². The van der Waals surface area contributed by atoms with E-state index in [2.05, 4.69) is 10.6 Å². The minimum atomic E-state index is -0.694. The lowest BCUT2D eigenvalue weighted by Gasteiger charge is -2.21. The van der Waals surface area contributed by atoms with Crippen LogP contribution in [-0.2, 0) is 16.1 Å². The van der Waals surface area contributed by atoms with Gasteiger partial charge < -0.3 is 20.1 Å². The number of hydrogen-bond donors (Lipinski definition) is 2. The SMILES string of the molecule is C[C@@H](NC(=O)OC(C)(C)C)C(=O)NCc1ccc(Oc2ccccc2)cc1. The Bertz CT molecular complexity index is 752. The molecule has 0 spiro atoms. The summed E-state index contributed by atoms with van der Waals surface area (Å²) in [7, 11) is 0. The molecule has 0 fully saturated rings. The molecule has 2 N–H and O–H groups in total. The van der Waals surface area contributed by atoms with Crippen molar-refractivity contribution in [3.8, 4) is 11.5 Å². The first kappa shape index (κ1) is 20.3. The zero-order valence-corrected chi connectivity index (χ0v) is 16.1. The third-order valence-electron chi connectivity index (χ3n) is 3.50. The molecule has 0 aliphatic carbocycles. The Morgan fingerprint density at radius 3 is 2.15 bits per heavy atom. The number of hydrogen-bond acceptors (Lipinski definition) is 4. The summed E-state index contributed by atoms with van der Waals surface area (Å²) in [6.45, 7) is 7.26. The molecule has 0 saturated heterocycles. The van der Waals surface area contributed by atoms with Gasteiger partial charge in [-0.3, -0.25) is 4.79 Å². The van der Waals surface area contributed by atoms with Crippen molar-refractivity contribution in [2.45, 2.75) is 45.9 Å². The van der Waals surface area contributed by atoms with E-state index in [-0.39, 0.29) is 5.91 Å². The number of amides is 2. The Kier molecular flexibility index (Phi) is 6.82. The average Bonchev–Trinajstić information content (AvgIpc) is 2.60. The third kappa shape index (κ3) is 7.40. The quantitative estimate of drug-likeness (QED) is 0.805. The Labute approximate surface area is 159 Å². The van der Waals surface area contributed by atoms with Crippen LogP contribution in [0, 0.1) is 0 Å². The molecule has 0 heterocycles. The van der Waals surface area contributed by atoms with Gasteiger partial charge in [0.15, 0.2) is 0 Å². The molecule has 2 rings (SSSR count). The van der Waals surface area contributed by atoms with Gasteiger partial charge in [-0.05, 0) is 57.5 Å². The lowest BCUT2D eigenvalue weighted by Crippen LogP contribution is -2.46. The molecule has 2 amide bonds. The number of rotatable bonds is 6. The van der Waals surface area contributed by atoms with Crippen molar-refractivity contribution in [1.82, 2.24) is 10.6 Å². The van der Waals surface area contributed by atoms with Gasteiger partial charge in [-0.1, -0.05) is 30.3 Å². The molecule has 144 valence electrons. The van der Waals surface area contributed by atoms with Gasteiger partial charge in [0.05, 0.1) is 0 Å². The average molecular weight is 370 g/mol. The minimum Gasteiger partial charge on any atom is -0.457 e. The molecule has 2 aromatic carbocycles. The van der Waals surface area contributed by atoms with E-state index in [4.69, 9.17) is 9.47 Å². The van der Waals surface area contributed by atoms with Crippen LogP contribution in [0.1, 0.15) is 33.3 Å². The van der Waals surface area contributed by atoms with Crippen LogP contribution in [0.5, 0.6) is 11.5 Å². The second-order valence-electron chi connectivity index (χ2n) is 7.14. The summed E-state index contributed by atoms with van der Waals surface area (Å²) in [5.74, 6) is 1.20. The number of para-hydroxylation sites is 1. The van der Waals surface area contributed by atoms with Gasteiger partial charge in [0, 0.05) is 6.54 Å². The molecule has 27 heavy (non-hydrogen) atoms. The highest BCUT2D eigenvalue weighted by Gasteiger charge is 2.20. The molecule has 0 unspecified atom stereocenters. The van der Waals surface area contributed by atoms with Gasteiger partial charge in [0.25, 0.3) is 0 Å². The Morgan fingerprint density at radius 2 is 1.56 bits per heavy atom. The van der Waals surface area contributed by atoms with E-state index in [1.165, 1.54) is 0 Å². The topological polar surface area (TPSA) is 76.7 Å². The van der Waals surface area contributed by atoms with Crippen molar-refractivity contribution in [3.05, 3.63) is 60.2 Å². The van der Waals surface area contributed by atoms with Crippen molar-refractivity contribution in [2.75, 3.05) is 0 Å². The molecule has 6 nitrogen and oxygen atoms in total. The van der Waals surface area contributed by atoms with E-state index in [9.17, 15) is 9.59 Å². The van der Waals surface area contributed by atoms with Crippen LogP contribution in [-0.4, -0.2) is 23.6 Å². The predicted octanol–water partition coefficient (Wildman–Crippen LogP) is 4.01. The van der Waals surface area contributed by atoms with Crippen LogP contribution in [0.3, 0.4) is 0 Å². The molecule has 6 heteroatoms. The Morgan fingerprint density at radius 1 is 0.963 bits per heavy atom. The van der Waals surface area contributed by atoms with Gasteiger partial charge in [-0.15, -0.1) is 0 Å². The second kappa shape index (κ2) is 9.07. The lowest BCUT2D eigenvalue weighted by molar-refractivity contribution is -0.122. The molecule has 0 radical (unpaired) electrons. The van der Waals surface area contributed by atoms with Crippen molar-refractivity contribution in [1.29, 1.82) is 0 Å².